The van der Waals surface area contributed by atoms with Gasteiger partial charge in [0, 0.05) is 12.2 Å². The molecule has 0 aromatic carbocycles. The summed E-state index contributed by atoms with van der Waals surface area (Å²) in [4.78, 5) is 4.44. The predicted octanol–water partition coefficient (Wildman–Crippen LogP) is 3.60. The summed E-state index contributed by atoms with van der Waals surface area (Å²) >= 11 is 3.30. The second kappa shape index (κ2) is 5.47. The molecule has 0 radical (unpaired) electrons. The molecule has 0 aliphatic carbocycles. The molecular weight excluding hydrogens is 280 g/mol. The van der Waals surface area contributed by atoms with Crippen LogP contribution in [-0.4, -0.2) is 4.98 Å². The van der Waals surface area contributed by atoms with E-state index in [1.807, 2.05) is 37.3 Å². The number of aryl methyl sites for hydroxylation is 1. The summed E-state index contributed by atoms with van der Waals surface area (Å²) in [5.41, 5.74) is 2.08. The maximum Gasteiger partial charge on any atom is 0.169 e. The fourth-order valence-electron chi connectivity index (χ4n) is 1.62. The number of rotatable bonds is 4. The molecule has 17 heavy (non-hydrogen) atoms. The van der Waals surface area contributed by atoms with E-state index in [-0.39, 0.29) is 6.04 Å². The van der Waals surface area contributed by atoms with Crippen LogP contribution in [0, 0.1) is 6.92 Å². The molecule has 3 nitrogen and oxygen atoms in total. The minimum atomic E-state index is 0.170. The number of furan rings is 1. The summed E-state index contributed by atoms with van der Waals surface area (Å²) in [5, 5.41) is 3.38. The molecule has 2 heterocycles. The van der Waals surface area contributed by atoms with Gasteiger partial charge in [0.25, 0.3) is 0 Å². The van der Waals surface area contributed by atoms with Crippen LogP contribution in [0.15, 0.2) is 39.4 Å². The Bertz CT molecular complexity index is 496. The average molecular weight is 295 g/mol. The largest absolute Gasteiger partial charge is 0.453 e. The summed E-state index contributed by atoms with van der Waals surface area (Å²) < 4.78 is 6.25. The summed E-state index contributed by atoms with van der Waals surface area (Å²) in [6.07, 6.45) is 0. The summed E-state index contributed by atoms with van der Waals surface area (Å²) in [6, 6.07) is 10.1. The molecule has 0 saturated heterocycles. The van der Waals surface area contributed by atoms with Crippen molar-refractivity contribution in [1.29, 1.82) is 0 Å². The number of nitrogens with zero attached hydrogens (tertiary/aromatic N) is 1. The molecule has 1 unspecified atom stereocenters. The van der Waals surface area contributed by atoms with Crippen LogP contribution in [0.1, 0.15) is 30.1 Å². The third-order valence-electron chi connectivity index (χ3n) is 2.56. The lowest BCUT2D eigenvalue weighted by molar-refractivity contribution is 0.416. The van der Waals surface area contributed by atoms with Crippen molar-refractivity contribution in [3.63, 3.8) is 0 Å². The van der Waals surface area contributed by atoms with Gasteiger partial charge in [-0.05, 0) is 54.0 Å². The second-order valence-electron chi connectivity index (χ2n) is 4.01. The van der Waals surface area contributed by atoms with Crippen LogP contribution in [0.25, 0.3) is 0 Å². The second-order valence-corrected chi connectivity index (χ2v) is 4.80. The molecule has 0 amide bonds. The van der Waals surface area contributed by atoms with Gasteiger partial charge in [-0.2, -0.15) is 0 Å². The van der Waals surface area contributed by atoms with Gasteiger partial charge in [-0.15, -0.1) is 0 Å². The Balaban J connectivity index is 1.94. The maximum absolute atomic E-state index is 5.49. The van der Waals surface area contributed by atoms with Crippen molar-refractivity contribution in [2.75, 3.05) is 0 Å². The van der Waals surface area contributed by atoms with E-state index >= 15 is 0 Å². The van der Waals surface area contributed by atoms with Crippen molar-refractivity contribution in [1.82, 2.24) is 10.3 Å². The number of hydrogen-bond donors (Lipinski definition) is 1. The summed E-state index contributed by atoms with van der Waals surface area (Å²) in [6.45, 7) is 4.80. The van der Waals surface area contributed by atoms with Gasteiger partial charge >= 0.3 is 0 Å². The molecule has 0 saturated carbocycles. The van der Waals surface area contributed by atoms with E-state index in [2.05, 4.69) is 33.2 Å². The van der Waals surface area contributed by atoms with E-state index in [4.69, 9.17) is 4.42 Å². The molecule has 2 aromatic rings. The molecule has 1 atom stereocenters. The highest BCUT2D eigenvalue weighted by Crippen LogP contribution is 2.20. The van der Waals surface area contributed by atoms with Crippen LogP contribution < -0.4 is 5.32 Å². The highest BCUT2D eigenvalue weighted by atomic mass is 79.9. The van der Waals surface area contributed by atoms with Gasteiger partial charge in [0.1, 0.15) is 5.76 Å². The molecule has 2 aromatic heterocycles. The number of aromatic nitrogens is 1. The number of halogens is 1. The Labute approximate surface area is 109 Å². The minimum absolute atomic E-state index is 0.170. The topological polar surface area (TPSA) is 38.1 Å². The quantitative estimate of drug-likeness (QED) is 0.936. The number of pyridine rings is 1. The van der Waals surface area contributed by atoms with E-state index in [1.54, 1.807) is 0 Å². The lowest BCUT2D eigenvalue weighted by atomic mass is 10.2. The molecule has 0 bridgehead atoms. The molecule has 2 rings (SSSR count). The van der Waals surface area contributed by atoms with Crippen LogP contribution in [-0.2, 0) is 6.54 Å². The summed E-state index contributed by atoms with van der Waals surface area (Å²) in [5.74, 6) is 0.921. The first-order valence-corrected chi connectivity index (χ1v) is 6.35. The van der Waals surface area contributed by atoms with Gasteiger partial charge in [0.2, 0.25) is 0 Å². The minimum Gasteiger partial charge on any atom is -0.453 e. The Kier molecular flexibility index (Phi) is 3.97. The zero-order valence-corrected chi connectivity index (χ0v) is 11.5. The van der Waals surface area contributed by atoms with Crippen LogP contribution >= 0.6 is 15.9 Å². The molecule has 0 aliphatic heterocycles. The van der Waals surface area contributed by atoms with Gasteiger partial charge in [0.15, 0.2) is 4.67 Å². The molecule has 4 heteroatoms. The lowest BCUT2D eigenvalue weighted by Gasteiger charge is -2.10. The van der Waals surface area contributed by atoms with Crippen molar-refractivity contribution >= 4 is 15.9 Å². The van der Waals surface area contributed by atoms with Crippen LogP contribution in [0.3, 0.4) is 0 Å². The molecule has 90 valence electrons. The highest BCUT2D eigenvalue weighted by molar-refractivity contribution is 9.10. The van der Waals surface area contributed by atoms with E-state index in [1.165, 1.54) is 0 Å². The SMILES string of the molecule is Cc1cccc(CNC(C)c2ccc(Br)o2)n1. The van der Waals surface area contributed by atoms with Crippen LogP contribution in [0.2, 0.25) is 0 Å². The Morgan fingerprint density at radius 3 is 2.82 bits per heavy atom. The normalized spacial score (nSPS) is 12.6. The molecule has 0 fully saturated rings. The van der Waals surface area contributed by atoms with Gasteiger partial charge in [-0.3, -0.25) is 4.98 Å². The van der Waals surface area contributed by atoms with Gasteiger partial charge < -0.3 is 9.73 Å². The predicted molar refractivity (Wildman–Crippen MR) is 70.6 cm³/mol. The van der Waals surface area contributed by atoms with Crippen LogP contribution in [0.5, 0.6) is 0 Å². The average Bonchev–Trinajstić information content (AvgIpc) is 2.73. The maximum atomic E-state index is 5.49. The third-order valence-corrected chi connectivity index (χ3v) is 2.98. The fourth-order valence-corrected chi connectivity index (χ4v) is 1.94. The number of nitrogens with one attached hydrogen (secondary N) is 1. The first kappa shape index (κ1) is 12.3. The van der Waals surface area contributed by atoms with E-state index in [0.29, 0.717) is 0 Å². The Hall–Kier alpha value is -1.13. The molecule has 0 spiro atoms. The van der Waals surface area contributed by atoms with Crippen molar-refractivity contribution in [2.45, 2.75) is 26.4 Å². The van der Waals surface area contributed by atoms with Gasteiger partial charge in [-0.25, -0.2) is 0 Å². The highest BCUT2D eigenvalue weighted by Gasteiger charge is 2.09. The molecule has 1 N–H and O–H groups in total. The zero-order valence-electron chi connectivity index (χ0n) is 9.90. The van der Waals surface area contributed by atoms with Gasteiger partial charge in [0.05, 0.1) is 11.7 Å². The summed E-state index contributed by atoms with van der Waals surface area (Å²) in [7, 11) is 0. The molecule has 0 aliphatic rings. The standard InChI is InChI=1S/C13H15BrN2O/c1-9-4-3-5-11(16-9)8-15-10(2)12-6-7-13(14)17-12/h3-7,10,15H,8H2,1-2H3. The first-order valence-electron chi connectivity index (χ1n) is 5.56. The van der Waals surface area contributed by atoms with E-state index in [0.717, 1.165) is 28.4 Å². The van der Waals surface area contributed by atoms with Crippen molar-refractivity contribution in [3.05, 3.63) is 52.1 Å². The van der Waals surface area contributed by atoms with E-state index in [9.17, 15) is 0 Å². The first-order chi connectivity index (χ1) is 8.15. The Morgan fingerprint density at radius 2 is 2.18 bits per heavy atom. The third kappa shape index (κ3) is 3.41. The Morgan fingerprint density at radius 1 is 1.35 bits per heavy atom. The van der Waals surface area contributed by atoms with Crippen molar-refractivity contribution in [3.8, 4) is 0 Å². The zero-order chi connectivity index (χ0) is 12.3. The van der Waals surface area contributed by atoms with E-state index < -0.39 is 0 Å². The van der Waals surface area contributed by atoms with Crippen LogP contribution in [0.4, 0.5) is 0 Å². The van der Waals surface area contributed by atoms with Gasteiger partial charge in [-0.1, -0.05) is 6.07 Å². The monoisotopic (exact) mass is 294 g/mol. The molecular formula is C13H15BrN2O. The van der Waals surface area contributed by atoms with Crippen molar-refractivity contribution in [2.24, 2.45) is 0 Å². The fraction of sp³-hybridized carbons (Fsp3) is 0.308. The smallest absolute Gasteiger partial charge is 0.169 e. The number of hydrogen-bond acceptors (Lipinski definition) is 3. The van der Waals surface area contributed by atoms with Crippen molar-refractivity contribution < 1.29 is 4.42 Å². The lowest BCUT2D eigenvalue weighted by Crippen LogP contribution is -2.18.